The fourth-order valence-electron chi connectivity index (χ4n) is 8.31. The molecule has 0 amide bonds. The summed E-state index contributed by atoms with van der Waals surface area (Å²) in [6, 6.07) is 0. The van der Waals surface area contributed by atoms with E-state index in [2.05, 4.69) is 27.7 Å². The number of fused-ring (bicyclic) bond motifs is 5. The average molecular weight is 373 g/mol. The maximum atomic E-state index is 12.2. The zero-order chi connectivity index (χ0) is 19.4. The van der Waals surface area contributed by atoms with Crippen molar-refractivity contribution in [1.29, 1.82) is 0 Å². The average Bonchev–Trinajstić information content (AvgIpc) is 2.88. The maximum absolute atomic E-state index is 12.2. The van der Waals surface area contributed by atoms with Crippen LogP contribution in [0.1, 0.15) is 98.3 Å². The Morgan fingerprint density at radius 2 is 1.81 bits per heavy atom. The minimum atomic E-state index is -0.451. The molecule has 3 fully saturated rings. The van der Waals surface area contributed by atoms with Gasteiger partial charge in [-0.25, -0.2) is 0 Å². The Hall–Kier alpha value is -0.630. The lowest BCUT2D eigenvalue weighted by molar-refractivity contribution is -0.144. The van der Waals surface area contributed by atoms with Crippen LogP contribution in [0.5, 0.6) is 0 Å². The topological polar surface area (TPSA) is 37.3 Å². The molecule has 4 aliphatic rings. The minimum absolute atomic E-state index is 0.0955. The highest BCUT2D eigenvalue weighted by Crippen LogP contribution is 2.69. The van der Waals surface area contributed by atoms with Crippen molar-refractivity contribution in [2.24, 2.45) is 34.5 Å². The summed E-state index contributed by atoms with van der Waals surface area (Å²) in [6.07, 6.45) is 14.2. The Morgan fingerprint density at radius 1 is 1.07 bits per heavy atom. The van der Waals surface area contributed by atoms with Crippen LogP contribution in [-0.2, 0) is 4.79 Å². The first-order valence-corrected chi connectivity index (χ1v) is 11.8. The van der Waals surface area contributed by atoms with Crippen LogP contribution in [0.3, 0.4) is 0 Å². The van der Waals surface area contributed by atoms with Crippen molar-refractivity contribution in [3.63, 3.8) is 0 Å². The zero-order valence-corrected chi connectivity index (χ0v) is 18.0. The summed E-state index contributed by atoms with van der Waals surface area (Å²) in [5, 5.41) is 11.6. The van der Waals surface area contributed by atoms with Gasteiger partial charge in [0.1, 0.15) is 0 Å². The molecule has 4 aliphatic carbocycles. The van der Waals surface area contributed by atoms with E-state index in [1.807, 2.05) is 6.08 Å². The molecule has 0 saturated heterocycles. The molecule has 0 heterocycles. The third-order valence-corrected chi connectivity index (χ3v) is 9.78. The molecule has 2 heteroatoms. The number of aliphatic hydroxyl groups is 1. The van der Waals surface area contributed by atoms with Crippen molar-refractivity contribution < 1.29 is 9.90 Å². The van der Waals surface area contributed by atoms with E-state index >= 15 is 0 Å². The van der Waals surface area contributed by atoms with E-state index in [-0.39, 0.29) is 10.8 Å². The molecule has 3 saturated carbocycles. The van der Waals surface area contributed by atoms with E-state index < -0.39 is 5.60 Å². The fraction of sp³-hybridized carbons (Fsp3) is 0.880. The van der Waals surface area contributed by atoms with Crippen molar-refractivity contribution in [3.8, 4) is 0 Å². The lowest BCUT2D eigenvalue weighted by atomic mass is 9.43. The molecule has 0 bridgehead atoms. The number of ketones is 1. The first-order valence-electron chi connectivity index (χ1n) is 11.8. The van der Waals surface area contributed by atoms with Crippen molar-refractivity contribution in [2.75, 3.05) is 0 Å². The van der Waals surface area contributed by atoms with Gasteiger partial charge in [0, 0.05) is 6.42 Å². The van der Waals surface area contributed by atoms with Gasteiger partial charge >= 0.3 is 0 Å². The number of rotatable bonds is 4. The van der Waals surface area contributed by atoms with Crippen LogP contribution in [-0.4, -0.2) is 16.5 Å². The quantitative estimate of drug-likeness (QED) is 0.649. The molecule has 0 radical (unpaired) electrons. The van der Waals surface area contributed by atoms with Crippen LogP contribution in [0.2, 0.25) is 0 Å². The molecule has 0 aliphatic heterocycles. The van der Waals surface area contributed by atoms with E-state index in [4.69, 9.17) is 0 Å². The smallest absolute Gasteiger partial charge is 0.155 e. The van der Waals surface area contributed by atoms with Crippen molar-refractivity contribution in [1.82, 2.24) is 0 Å². The Morgan fingerprint density at radius 3 is 2.52 bits per heavy atom. The SMILES string of the molecule is CCC[C@@H]1CC2=CC(=O)CC[C@]2(C)[C@H]2CC[C@@]3(C)[C@@H](CC[C@@]3(O)CCC)[C@H]12. The van der Waals surface area contributed by atoms with Gasteiger partial charge in [0.2, 0.25) is 0 Å². The predicted molar refractivity (Wildman–Crippen MR) is 110 cm³/mol. The molecule has 0 spiro atoms. The lowest BCUT2D eigenvalue weighted by Gasteiger charge is -2.61. The van der Waals surface area contributed by atoms with E-state index in [0.29, 0.717) is 23.5 Å². The Balaban J connectivity index is 1.73. The van der Waals surface area contributed by atoms with Gasteiger partial charge in [-0.15, -0.1) is 0 Å². The second kappa shape index (κ2) is 6.71. The molecule has 152 valence electrons. The maximum Gasteiger partial charge on any atom is 0.155 e. The van der Waals surface area contributed by atoms with E-state index in [1.165, 1.54) is 37.7 Å². The second-order valence-electron chi connectivity index (χ2n) is 10.9. The molecule has 27 heavy (non-hydrogen) atoms. The van der Waals surface area contributed by atoms with Crippen LogP contribution in [0, 0.1) is 34.5 Å². The third-order valence-electron chi connectivity index (χ3n) is 9.78. The van der Waals surface area contributed by atoms with Gasteiger partial charge in [0.15, 0.2) is 5.78 Å². The molecule has 7 atom stereocenters. The standard InChI is InChI=1S/C25H40O2/c1-5-7-17-15-18-16-19(26)8-12-23(18,3)20-9-13-24(4)21(22(17)20)10-14-25(24,27)11-6-2/h16-17,20-22,27H,5-15H2,1-4H3/t17-,20+,21+,22-,23+,24+,25+/m1/s1. The van der Waals surface area contributed by atoms with Gasteiger partial charge < -0.3 is 5.11 Å². The molecule has 2 nitrogen and oxygen atoms in total. The van der Waals surface area contributed by atoms with Crippen LogP contribution in [0.4, 0.5) is 0 Å². The summed E-state index contributed by atoms with van der Waals surface area (Å²) in [5.41, 5.74) is 1.35. The largest absolute Gasteiger partial charge is 0.389 e. The van der Waals surface area contributed by atoms with Crippen LogP contribution in [0.25, 0.3) is 0 Å². The molecule has 4 rings (SSSR count). The second-order valence-corrected chi connectivity index (χ2v) is 10.9. The molecule has 1 N–H and O–H groups in total. The normalized spacial score (nSPS) is 49.2. The molecule has 0 aromatic heterocycles. The molecule has 0 unspecified atom stereocenters. The highest BCUT2D eigenvalue weighted by atomic mass is 16.3. The van der Waals surface area contributed by atoms with Gasteiger partial charge in [-0.1, -0.05) is 52.5 Å². The summed E-state index contributed by atoms with van der Waals surface area (Å²) in [4.78, 5) is 12.2. The molecule has 0 aromatic rings. The van der Waals surface area contributed by atoms with Crippen LogP contribution >= 0.6 is 0 Å². The van der Waals surface area contributed by atoms with Gasteiger partial charge in [-0.2, -0.15) is 0 Å². The highest BCUT2D eigenvalue weighted by Gasteiger charge is 2.64. The number of hydrogen-bond donors (Lipinski definition) is 1. The summed E-state index contributed by atoms with van der Waals surface area (Å²) < 4.78 is 0. The first-order chi connectivity index (χ1) is 12.8. The summed E-state index contributed by atoms with van der Waals surface area (Å²) >= 11 is 0. The number of carbonyl (C=O) groups is 1. The van der Waals surface area contributed by atoms with Gasteiger partial charge in [-0.05, 0) is 85.5 Å². The third kappa shape index (κ3) is 2.72. The minimum Gasteiger partial charge on any atom is -0.389 e. The van der Waals surface area contributed by atoms with Crippen LogP contribution < -0.4 is 0 Å². The zero-order valence-electron chi connectivity index (χ0n) is 18.0. The van der Waals surface area contributed by atoms with Crippen molar-refractivity contribution in [3.05, 3.63) is 11.6 Å². The summed E-state index contributed by atoms with van der Waals surface area (Å²) in [5.74, 6) is 3.18. The Labute approximate surface area is 166 Å². The van der Waals surface area contributed by atoms with Crippen molar-refractivity contribution >= 4 is 5.78 Å². The summed E-state index contributed by atoms with van der Waals surface area (Å²) in [6.45, 7) is 9.43. The Kier molecular flexibility index (Phi) is 4.89. The van der Waals surface area contributed by atoms with Crippen molar-refractivity contribution in [2.45, 2.75) is 104 Å². The molecular weight excluding hydrogens is 332 g/mol. The predicted octanol–water partition coefficient (Wildman–Crippen LogP) is 6.08. The van der Waals surface area contributed by atoms with E-state index in [1.54, 1.807) is 0 Å². The van der Waals surface area contributed by atoms with Gasteiger partial charge in [0.05, 0.1) is 5.60 Å². The van der Waals surface area contributed by atoms with E-state index in [0.717, 1.165) is 44.4 Å². The summed E-state index contributed by atoms with van der Waals surface area (Å²) in [7, 11) is 0. The highest BCUT2D eigenvalue weighted by molar-refractivity contribution is 5.91. The van der Waals surface area contributed by atoms with Gasteiger partial charge in [0.25, 0.3) is 0 Å². The van der Waals surface area contributed by atoms with Crippen LogP contribution in [0.15, 0.2) is 11.6 Å². The Bertz CT molecular complexity index is 636. The first kappa shape index (κ1) is 19.7. The number of hydrogen-bond acceptors (Lipinski definition) is 2. The van der Waals surface area contributed by atoms with Gasteiger partial charge in [-0.3, -0.25) is 4.79 Å². The molecule has 0 aromatic carbocycles. The lowest BCUT2D eigenvalue weighted by Crippen LogP contribution is -2.57. The number of carbonyl (C=O) groups excluding carboxylic acids is 1. The monoisotopic (exact) mass is 372 g/mol. The van der Waals surface area contributed by atoms with E-state index in [9.17, 15) is 9.90 Å². The fourth-order valence-corrected chi connectivity index (χ4v) is 8.31. The number of allylic oxidation sites excluding steroid dienone is 1. The molecular formula is C25H40O2.